The van der Waals surface area contributed by atoms with Gasteiger partial charge in [0.05, 0.1) is 24.9 Å². The number of nitrogens with zero attached hydrogens (tertiary/aromatic N) is 2. The molecule has 6 heteroatoms. The Morgan fingerprint density at radius 3 is 3.12 bits per heavy atom. The summed E-state index contributed by atoms with van der Waals surface area (Å²) >= 11 is 1.56. The lowest BCUT2D eigenvalue weighted by Gasteiger charge is -2.17. The summed E-state index contributed by atoms with van der Waals surface area (Å²) in [7, 11) is 1.87. The Hall–Kier alpha value is -2.10. The Balaban J connectivity index is 1.65. The second-order valence-electron chi connectivity index (χ2n) is 6.47. The molecule has 0 aromatic carbocycles. The Morgan fingerprint density at radius 2 is 2.42 bits per heavy atom. The largest absolute Gasteiger partial charge is 0.468 e. The van der Waals surface area contributed by atoms with Crippen molar-refractivity contribution >= 4 is 22.2 Å². The molecule has 0 bridgehead atoms. The van der Waals surface area contributed by atoms with Crippen LogP contribution in [-0.2, 0) is 24.2 Å². The molecule has 1 amide bonds. The maximum Gasteiger partial charge on any atom is 0.239 e. The number of hydrogen-bond donors (Lipinski definition) is 1. The van der Waals surface area contributed by atoms with E-state index >= 15 is 0 Å². The van der Waals surface area contributed by atoms with E-state index in [1.165, 1.54) is 4.88 Å². The molecule has 3 rings (SSSR count). The quantitative estimate of drug-likeness (QED) is 0.903. The molecule has 0 fully saturated rings. The van der Waals surface area contributed by atoms with Crippen molar-refractivity contribution in [2.45, 2.75) is 32.7 Å². The molecule has 0 saturated heterocycles. The topological polar surface area (TPSA) is 69.3 Å². The standard InChI is InChI=1S/C18H21N3O2S/c1-12-5-6-14-15(9-19)18(24-16(14)8-12)20-17(22)11-21(2)10-13-4-3-7-23-13/h3-4,7,12H,5-6,8,10-11H2,1-2H3,(H,20,22)/t12-/m0/s1. The predicted molar refractivity (Wildman–Crippen MR) is 93.9 cm³/mol. The number of nitriles is 1. The van der Waals surface area contributed by atoms with E-state index in [4.69, 9.17) is 4.42 Å². The smallest absolute Gasteiger partial charge is 0.239 e. The van der Waals surface area contributed by atoms with Gasteiger partial charge in [-0.15, -0.1) is 11.3 Å². The van der Waals surface area contributed by atoms with E-state index in [-0.39, 0.29) is 12.5 Å². The zero-order valence-corrected chi connectivity index (χ0v) is 14.8. The molecule has 2 heterocycles. The molecule has 1 aliphatic carbocycles. The maximum atomic E-state index is 12.3. The van der Waals surface area contributed by atoms with Gasteiger partial charge in [-0.1, -0.05) is 6.92 Å². The highest BCUT2D eigenvalue weighted by Gasteiger charge is 2.24. The first-order valence-electron chi connectivity index (χ1n) is 8.12. The molecular formula is C18H21N3O2S. The summed E-state index contributed by atoms with van der Waals surface area (Å²) in [6, 6.07) is 6.00. The van der Waals surface area contributed by atoms with Crippen molar-refractivity contribution < 1.29 is 9.21 Å². The van der Waals surface area contributed by atoms with Crippen LogP contribution in [0.2, 0.25) is 0 Å². The van der Waals surface area contributed by atoms with Crippen molar-refractivity contribution in [3.05, 3.63) is 40.2 Å². The highest BCUT2D eigenvalue weighted by Crippen LogP contribution is 2.39. The lowest BCUT2D eigenvalue weighted by Crippen LogP contribution is -2.29. The average Bonchev–Trinajstić information content (AvgIpc) is 3.13. The fourth-order valence-corrected chi connectivity index (χ4v) is 4.47. The number of furan rings is 1. The van der Waals surface area contributed by atoms with Gasteiger partial charge in [0.25, 0.3) is 0 Å². The summed E-state index contributed by atoms with van der Waals surface area (Å²) in [6.07, 6.45) is 4.67. The number of anilines is 1. The van der Waals surface area contributed by atoms with Crippen LogP contribution in [0.1, 0.15) is 35.1 Å². The highest BCUT2D eigenvalue weighted by atomic mass is 32.1. The summed E-state index contributed by atoms with van der Waals surface area (Å²) < 4.78 is 5.29. The van der Waals surface area contributed by atoms with Crippen LogP contribution < -0.4 is 5.32 Å². The van der Waals surface area contributed by atoms with Gasteiger partial charge in [-0.25, -0.2) is 0 Å². The first-order valence-corrected chi connectivity index (χ1v) is 8.94. The molecule has 5 nitrogen and oxygen atoms in total. The number of carbonyl (C=O) groups excluding carboxylic acids is 1. The van der Waals surface area contributed by atoms with E-state index in [1.54, 1.807) is 17.6 Å². The Bertz CT molecular complexity index is 758. The Morgan fingerprint density at radius 1 is 1.58 bits per heavy atom. The molecule has 0 unspecified atom stereocenters. The molecular weight excluding hydrogens is 322 g/mol. The fourth-order valence-electron chi connectivity index (χ4n) is 3.09. The monoisotopic (exact) mass is 343 g/mol. The third kappa shape index (κ3) is 3.69. The number of thiophene rings is 1. The van der Waals surface area contributed by atoms with Crippen LogP contribution in [0.4, 0.5) is 5.00 Å². The van der Waals surface area contributed by atoms with E-state index in [2.05, 4.69) is 18.3 Å². The van der Waals surface area contributed by atoms with Gasteiger partial charge in [-0.3, -0.25) is 9.69 Å². The van der Waals surface area contributed by atoms with Crippen LogP contribution >= 0.6 is 11.3 Å². The molecule has 1 N–H and O–H groups in total. The minimum Gasteiger partial charge on any atom is -0.468 e. The van der Waals surface area contributed by atoms with E-state index in [0.29, 0.717) is 23.0 Å². The summed E-state index contributed by atoms with van der Waals surface area (Å²) in [5.74, 6) is 1.36. The molecule has 0 aliphatic heterocycles. The summed E-state index contributed by atoms with van der Waals surface area (Å²) in [6.45, 7) is 3.06. The third-order valence-corrected chi connectivity index (χ3v) is 5.47. The third-order valence-electron chi connectivity index (χ3n) is 4.30. The number of fused-ring (bicyclic) bond motifs is 1. The molecule has 24 heavy (non-hydrogen) atoms. The second-order valence-corrected chi connectivity index (χ2v) is 7.57. The molecule has 1 aliphatic rings. The van der Waals surface area contributed by atoms with Crippen molar-refractivity contribution in [1.82, 2.24) is 4.90 Å². The number of likely N-dealkylation sites (N-methyl/N-ethyl adjacent to an activating group) is 1. The zero-order valence-electron chi connectivity index (χ0n) is 14.0. The van der Waals surface area contributed by atoms with E-state index < -0.39 is 0 Å². The van der Waals surface area contributed by atoms with Crippen LogP contribution in [-0.4, -0.2) is 24.4 Å². The first-order chi connectivity index (χ1) is 11.6. The van der Waals surface area contributed by atoms with Gasteiger partial charge in [-0.05, 0) is 49.9 Å². The molecule has 0 spiro atoms. The minimum absolute atomic E-state index is 0.104. The minimum atomic E-state index is -0.104. The van der Waals surface area contributed by atoms with Crippen LogP contribution in [0.5, 0.6) is 0 Å². The lowest BCUT2D eigenvalue weighted by atomic mass is 9.89. The molecule has 126 valence electrons. The number of hydrogen-bond acceptors (Lipinski definition) is 5. The molecule has 0 radical (unpaired) electrons. The number of carbonyl (C=O) groups is 1. The molecule has 2 aromatic rings. The van der Waals surface area contributed by atoms with Gasteiger partial charge in [0, 0.05) is 4.88 Å². The fraction of sp³-hybridized carbons (Fsp3) is 0.444. The van der Waals surface area contributed by atoms with Crippen LogP contribution in [0.25, 0.3) is 0 Å². The van der Waals surface area contributed by atoms with Crippen molar-refractivity contribution in [2.24, 2.45) is 5.92 Å². The first kappa shape index (κ1) is 16.7. The van der Waals surface area contributed by atoms with E-state index in [0.717, 1.165) is 30.6 Å². The lowest BCUT2D eigenvalue weighted by molar-refractivity contribution is -0.117. The summed E-state index contributed by atoms with van der Waals surface area (Å²) in [5.41, 5.74) is 1.80. The predicted octanol–water partition coefficient (Wildman–Crippen LogP) is 3.41. The zero-order chi connectivity index (χ0) is 17.1. The Labute approximate surface area is 145 Å². The molecule has 2 aromatic heterocycles. The second kappa shape index (κ2) is 7.20. The maximum absolute atomic E-state index is 12.3. The van der Waals surface area contributed by atoms with Gasteiger partial charge in [0.2, 0.25) is 5.91 Å². The van der Waals surface area contributed by atoms with Gasteiger partial charge in [0.1, 0.15) is 16.8 Å². The van der Waals surface area contributed by atoms with Gasteiger partial charge < -0.3 is 9.73 Å². The van der Waals surface area contributed by atoms with Crippen molar-refractivity contribution in [3.63, 3.8) is 0 Å². The molecule has 1 atom stereocenters. The normalized spacial score (nSPS) is 16.7. The van der Waals surface area contributed by atoms with Crippen molar-refractivity contribution in [2.75, 3.05) is 18.9 Å². The van der Waals surface area contributed by atoms with E-state index in [1.807, 2.05) is 24.1 Å². The number of nitrogens with one attached hydrogen (secondary N) is 1. The average molecular weight is 343 g/mol. The van der Waals surface area contributed by atoms with Gasteiger partial charge in [0.15, 0.2) is 0 Å². The van der Waals surface area contributed by atoms with E-state index in [9.17, 15) is 10.1 Å². The van der Waals surface area contributed by atoms with Crippen molar-refractivity contribution in [1.29, 1.82) is 5.26 Å². The SMILES string of the molecule is C[C@H]1CCc2c(sc(NC(=O)CN(C)Cc3ccco3)c2C#N)C1. The van der Waals surface area contributed by atoms with Crippen LogP contribution in [0, 0.1) is 17.2 Å². The number of rotatable bonds is 5. The number of amides is 1. The molecule has 0 saturated carbocycles. The van der Waals surface area contributed by atoms with Crippen LogP contribution in [0.3, 0.4) is 0 Å². The van der Waals surface area contributed by atoms with Gasteiger partial charge in [-0.2, -0.15) is 5.26 Å². The van der Waals surface area contributed by atoms with Gasteiger partial charge >= 0.3 is 0 Å². The Kier molecular flexibility index (Phi) is 5.03. The highest BCUT2D eigenvalue weighted by molar-refractivity contribution is 7.16. The van der Waals surface area contributed by atoms with Crippen LogP contribution in [0.15, 0.2) is 22.8 Å². The summed E-state index contributed by atoms with van der Waals surface area (Å²) in [5, 5.41) is 13.1. The summed E-state index contributed by atoms with van der Waals surface area (Å²) in [4.78, 5) is 15.4. The van der Waals surface area contributed by atoms with Crippen molar-refractivity contribution in [3.8, 4) is 6.07 Å².